The van der Waals surface area contributed by atoms with Crippen LogP contribution in [0.2, 0.25) is 0 Å². The van der Waals surface area contributed by atoms with Crippen molar-refractivity contribution in [2.24, 2.45) is 0 Å². The van der Waals surface area contributed by atoms with Gasteiger partial charge in [0, 0.05) is 12.1 Å². The second kappa shape index (κ2) is 9.21. The maximum Gasteiger partial charge on any atom is 0.242 e. The highest BCUT2D eigenvalue weighted by molar-refractivity contribution is 5.88. The Morgan fingerprint density at radius 2 is 1.59 bits per heavy atom. The lowest BCUT2D eigenvalue weighted by atomic mass is 10.0. The van der Waals surface area contributed by atoms with Gasteiger partial charge in [-0.05, 0) is 75.9 Å². The number of hydrogen-bond donors (Lipinski definition) is 1. The molecule has 29 heavy (non-hydrogen) atoms. The summed E-state index contributed by atoms with van der Waals surface area (Å²) in [5, 5.41) is 2.94. The third kappa shape index (κ3) is 6.70. The summed E-state index contributed by atoms with van der Waals surface area (Å²) in [4.78, 5) is 27.5. The predicted octanol–water partition coefficient (Wildman–Crippen LogP) is 4.32. The first kappa shape index (κ1) is 22.6. The van der Waals surface area contributed by atoms with Crippen molar-refractivity contribution in [3.63, 3.8) is 0 Å². The Kier molecular flexibility index (Phi) is 7.17. The zero-order valence-electron chi connectivity index (χ0n) is 18.2. The highest BCUT2D eigenvalue weighted by Gasteiger charge is 2.28. The molecule has 2 rings (SSSR count). The molecule has 0 saturated carbocycles. The maximum atomic E-state index is 13.3. The van der Waals surface area contributed by atoms with Crippen LogP contribution in [-0.2, 0) is 22.6 Å². The molecule has 0 aliphatic heterocycles. The van der Waals surface area contributed by atoms with Gasteiger partial charge in [0.05, 0.1) is 6.42 Å². The maximum absolute atomic E-state index is 13.3. The van der Waals surface area contributed by atoms with Crippen LogP contribution in [0.15, 0.2) is 42.5 Å². The zero-order valence-corrected chi connectivity index (χ0v) is 18.2. The van der Waals surface area contributed by atoms with E-state index in [9.17, 15) is 14.0 Å². The highest BCUT2D eigenvalue weighted by Crippen LogP contribution is 2.16. The van der Waals surface area contributed by atoms with Crippen LogP contribution < -0.4 is 5.32 Å². The molecule has 0 radical (unpaired) electrons. The lowest BCUT2D eigenvalue weighted by Crippen LogP contribution is -2.52. The minimum Gasteiger partial charge on any atom is -0.350 e. The predicted molar refractivity (Wildman–Crippen MR) is 114 cm³/mol. The first-order valence-electron chi connectivity index (χ1n) is 9.88. The van der Waals surface area contributed by atoms with Gasteiger partial charge in [0.1, 0.15) is 11.9 Å². The van der Waals surface area contributed by atoms with E-state index in [4.69, 9.17) is 0 Å². The van der Waals surface area contributed by atoms with E-state index < -0.39 is 11.6 Å². The number of amides is 2. The van der Waals surface area contributed by atoms with Gasteiger partial charge in [-0.2, -0.15) is 0 Å². The van der Waals surface area contributed by atoms with Crippen LogP contribution >= 0.6 is 0 Å². The molecular weight excluding hydrogens is 367 g/mol. The van der Waals surface area contributed by atoms with Crippen LogP contribution in [-0.4, -0.2) is 28.3 Å². The van der Waals surface area contributed by atoms with Crippen LogP contribution in [0.25, 0.3) is 0 Å². The van der Waals surface area contributed by atoms with Crippen molar-refractivity contribution in [3.05, 3.63) is 70.5 Å². The number of aryl methyl sites for hydroxylation is 2. The summed E-state index contributed by atoms with van der Waals surface area (Å²) in [6.45, 7) is 11.7. The molecule has 5 heteroatoms. The van der Waals surface area contributed by atoms with Crippen molar-refractivity contribution >= 4 is 11.8 Å². The van der Waals surface area contributed by atoms with Crippen molar-refractivity contribution in [1.29, 1.82) is 0 Å². The van der Waals surface area contributed by atoms with Crippen LogP contribution in [0.3, 0.4) is 0 Å². The van der Waals surface area contributed by atoms with E-state index in [1.807, 2.05) is 52.8 Å². The average Bonchev–Trinajstić information content (AvgIpc) is 2.62. The van der Waals surface area contributed by atoms with Gasteiger partial charge in [-0.3, -0.25) is 9.59 Å². The van der Waals surface area contributed by atoms with Crippen molar-refractivity contribution in [1.82, 2.24) is 10.2 Å². The molecule has 2 amide bonds. The Labute approximate surface area is 173 Å². The van der Waals surface area contributed by atoms with Gasteiger partial charge in [-0.25, -0.2) is 4.39 Å². The molecule has 4 nitrogen and oxygen atoms in total. The molecule has 2 aromatic carbocycles. The Morgan fingerprint density at radius 1 is 1.00 bits per heavy atom. The molecule has 0 aliphatic rings. The number of rotatable bonds is 6. The average molecular weight is 399 g/mol. The molecule has 1 N–H and O–H groups in total. The van der Waals surface area contributed by atoms with Crippen molar-refractivity contribution in [3.8, 4) is 0 Å². The van der Waals surface area contributed by atoms with Crippen LogP contribution in [0.5, 0.6) is 0 Å². The van der Waals surface area contributed by atoms with Crippen LogP contribution in [0, 0.1) is 19.7 Å². The lowest BCUT2D eigenvalue weighted by Gasteiger charge is -2.31. The van der Waals surface area contributed by atoms with Crippen molar-refractivity contribution in [2.75, 3.05) is 0 Å². The minimum atomic E-state index is -0.654. The Bertz CT molecular complexity index is 869. The minimum absolute atomic E-state index is 0.144. The Balaban J connectivity index is 2.26. The smallest absolute Gasteiger partial charge is 0.242 e. The Hall–Kier alpha value is -2.69. The molecule has 0 fully saturated rings. The SMILES string of the molecule is Cc1ccc(CC(=O)N(Cc2ccc(F)cc2)[C@@H](C)C(=O)NC(C)(C)C)cc1C. The third-order valence-electron chi connectivity index (χ3n) is 4.86. The van der Waals surface area contributed by atoms with E-state index in [2.05, 4.69) is 5.32 Å². The lowest BCUT2D eigenvalue weighted by molar-refractivity contribution is -0.140. The first-order valence-corrected chi connectivity index (χ1v) is 9.88. The standard InChI is InChI=1S/C24H31FN2O2/c1-16-7-8-20(13-17(16)2)14-22(28)27(15-19-9-11-21(25)12-10-19)18(3)23(29)26-24(4,5)6/h7-13,18H,14-15H2,1-6H3,(H,26,29)/t18-/m0/s1. The fraction of sp³-hybridized carbons (Fsp3) is 0.417. The molecule has 0 spiro atoms. The molecule has 1 atom stereocenters. The quantitative estimate of drug-likeness (QED) is 0.788. The van der Waals surface area contributed by atoms with E-state index in [1.165, 1.54) is 17.7 Å². The number of benzene rings is 2. The molecule has 2 aromatic rings. The van der Waals surface area contributed by atoms with Crippen molar-refractivity contribution in [2.45, 2.75) is 66.1 Å². The van der Waals surface area contributed by atoms with E-state index in [1.54, 1.807) is 24.0 Å². The summed E-state index contributed by atoms with van der Waals surface area (Å²) in [7, 11) is 0. The molecule has 0 aromatic heterocycles. The molecular formula is C24H31FN2O2. The number of nitrogens with one attached hydrogen (secondary N) is 1. The zero-order chi connectivity index (χ0) is 21.8. The van der Waals surface area contributed by atoms with Gasteiger partial charge in [0.25, 0.3) is 0 Å². The summed E-state index contributed by atoms with van der Waals surface area (Å²) in [6.07, 6.45) is 0.204. The molecule has 156 valence electrons. The van der Waals surface area contributed by atoms with E-state index >= 15 is 0 Å². The normalized spacial score (nSPS) is 12.4. The summed E-state index contributed by atoms with van der Waals surface area (Å²) in [6, 6.07) is 11.3. The van der Waals surface area contributed by atoms with Gasteiger partial charge in [0.2, 0.25) is 11.8 Å². The Morgan fingerprint density at radius 3 is 2.14 bits per heavy atom. The van der Waals surface area contributed by atoms with Gasteiger partial charge in [-0.1, -0.05) is 30.3 Å². The number of carbonyl (C=O) groups is 2. The first-order chi connectivity index (χ1) is 13.5. The molecule has 0 heterocycles. The van der Waals surface area contributed by atoms with E-state index in [-0.39, 0.29) is 30.6 Å². The largest absolute Gasteiger partial charge is 0.350 e. The molecule has 0 saturated heterocycles. The van der Waals surface area contributed by atoms with Crippen molar-refractivity contribution < 1.29 is 14.0 Å². The molecule has 0 aliphatic carbocycles. The fourth-order valence-electron chi connectivity index (χ4n) is 3.03. The summed E-state index contributed by atoms with van der Waals surface area (Å²) in [5.74, 6) is -0.692. The molecule has 0 bridgehead atoms. The van der Waals surface area contributed by atoms with E-state index in [0.29, 0.717) is 0 Å². The van der Waals surface area contributed by atoms with Gasteiger partial charge in [0.15, 0.2) is 0 Å². The summed E-state index contributed by atoms with van der Waals surface area (Å²) >= 11 is 0. The third-order valence-corrected chi connectivity index (χ3v) is 4.86. The second-order valence-corrected chi connectivity index (χ2v) is 8.66. The molecule has 0 unspecified atom stereocenters. The van der Waals surface area contributed by atoms with Crippen LogP contribution in [0.1, 0.15) is 49.9 Å². The van der Waals surface area contributed by atoms with Gasteiger partial charge >= 0.3 is 0 Å². The summed E-state index contributed by atoms with van der Waals surface area (Å²) in [5.41, 5.74) is 3.58. The highest BCUT2D eigenvalue weighted by atomic mass is 19.1. The number of carbonyl (C=O) groups excluding carboxylic acids is 2. The number of halogens is 1. The van der Waals surface area contributed by atoms with Gasteiger partial charge < -0.3 is 10.2 Å². The van der Waals surface area contributed by atoms with Crippen LogP contribution in [0.4, 0.5) is 4.39 Å². The monoisotopic (exact) mass is 398 g/mol. The van der Waals surface area contributed by atoms with Gasteiger partial charge in [-0.15, -0.1) is 0 Å². The topological polar surface area (TPSA) is 49.4 Å². The van der Waals surface area contributed by atoms with E-state index in [0.717, 1.165) is 16.7 Å². The summed E-state index contributed by atoms with van der Waals surface area (Å²) < 4.78 is 13.3. The number of nitrogens with zero attached hydrogens (tertiary/aromatic N) is 1. The second-order valence-electron chi connectivity index (χ2n) is 8.66. The fourth-order valence-corrected chi connectivity index (χ4v) is 3.03. The number of hydrogen-bond acceptors (Lipinski definition) is 2.